The van der Waals surface area contributed by atoms with E-state index in [1.165, 1.54) is 0 Å². The van der Waals surface area contributed by atoms with Crippen LogP contribution in [0.3, 0.4) is 0 Å². The van der Waals surface area contributed by atoms with Crippen LogP contribution in [0.25, 0.3) is 0 Å². The zero-order chi connectivity index (χ0) is 17.6. The molecule has 0 saturated heterocycles. The van der Waals surface area contributed by atoms with E-state index in [4.69, 9.17) is 0 Å². The molecule has 0 radical (unpaired) electrons. The molecule has 0 fully saturated rings. The molecule has 128 valence electrons. The van der Waals surface area contributed by atoms with Crippen molar-refractivity contribution in [3.8, 4) is 0 Å². The molecule has 3 rings (SSSR count). The van der Waals surface area contributed by atoms with Crippen molar-refractivity contribution >= 4 is 5.91 Å². The number of rotatable bonds is 6. The SMILES string of the molecule is CCn1ccnc1C(=O)N[C@H](c1ccccc1)[C@@H](O)c1ccccc1. The minimum Gasteiger partial charge on any atom is -0.386 e. The molecule has 1 aromatic heterocycles. The zero-order valence-corrected chi connectivity index (χ0v) is 14.0. The zero-order valence-electron chi connectivity index (χ0n) is 14.0. The third-order valence-corrected chi connectivity index (χ3v) is 4.16. The Labute approximate surface area is 147 Å². The Morgan fingerprint density at radius 3 is 2.28 bits per heavy atom. The predicted molar refractivity (Wildman–Crippen MR) is 96.0 cm³/mol. The van der Waals surface area contributed by atoms with Gasteiger partial charge in [0.1, 0.15) is 6.10 Å². The van der Waals surface area contributed by atoms with E-state index in [1.54, 1.807) is 17.0 Å². The number of carbonyl (C=O) groups excluding carboxylic acids is 1. The molecule has 3 aromatic rings. The van der Waals surface area contributed by atoms with Gasteiger partial charge in [0.2, 0.25) is 0 Å². The van der Waals surface area contributed by atoms with E-state index in [1.807, 2.05) is 67.6 Å². The number of imidazole rings is 1. The monoisotopic (exact) mass is 335 g/mol. The second kappa shape index (κ2) is 7.77. The Hall–Kier alpha value is -2.92. The summed E-state index contributed by atoms with van der Waals surface area (Å²) in [5.41, 5.74) is 1.58. The van der Waals surface area contributed by atoms with Crippen molar-refractivity contribution in [3.63, 3.8) is 0 Å². The number of amides is 1. The van der Waals surface area contributed by atoms with E-state index in [0.717, 1.165) is 11.1 Å². The van der Waals surface area contributed by atoms with Crippen LogP contribution in [-0.2, 0) is 6.54 Å². The number of aliphatic hydroxyl groups excluding tert-OH is 1. The summed E-state index contributed by atoms with van der Waals surface area (Å²) < 4.78 is 1.77. The van der Waals surface area contributed by atoms with Gasteiger partial charge in [0.05, 0.1) is 6.04 Å². The Balaban J connectivity index is 1.91. The molecule has 1 heterocycles. The van der Waals surface area contributed by atoms with Crippen molar-refractivity contribution in [2.24, 2.45) is 0 Å². The summed E-state index contributed by atoms with van der Waals surface area (Å²) in [7, 11) is 0. The average Bonchev–Trinajstić information content (AvgIpc) is 3.16. The lowest BCUT2D eigenvalue weighted by atomic mass is 9.95. The van der Waals surface area contributed by atoms with Crippen LogP contribution >= 0.6 is 0 Å². The minimum absolute atomic E-state index is 0.310. The Morgan fingerprint density at radius 1 is 1.08 bits per heavy atom. The highest BCUT2D eigenvalue weighted by Crippen LogP contribution is 2.28. The van der Waals surface area contributed by atoms with Crippen molar-refractivity contribution in [2.45, 2.75) is 25.6 Å². The summed E-state index contributed by atoms with van der Waals surface area (Å²) >= 11 is 0. The van der Waals surface area contributed by atoms with Crippen molar-refractivity contribution in [3.05, 3.63) is 90.0 Å². The van der Waals surface area contributed by atoms with Crippen molar-refractivity contribution in [1.29, 1.82) is 0 Å². The first-order valence-electron chi connectivity index (χ1n) is 8.30. The molecule has 0 aliphatic carbocycles. The lowest BCUT2D eigenvalue weighted by Gasteiger charge is -2.25. The maximum absolute atomic E-state index is 12.7. The van der Waals surface area contributed by atoms with Gasteiger partial charge in [0.25, 0.3) is 5.91 Å². The number of carbonyl (C=O) groups is 1. The fraction of sp³-hybridized carbons (Fsp3) is 0.200. The van der Waals surface area contributed by atoms with Crippen LogP contribution in [0.2, 0.25) is 0 Å². The molecular weight excluding hydrogens is 314 g/mol. The minimum atomic E-state index is -0.863. The van der Waals surface area contributed by atoms with E-state index < -0.39 is 12.1 Å². The van der Waals surface area contributed by atoms with Gasteiger partial charge in [-0.2, -0.15) is 0 Å². The molecule has 0 spiro atoms. The third-order valence-electron chi connectivity index (χ3n) is 4.16. The van der Waals surface area contributed by atoms with Gasteiger partial charge in [-0.25, -0.2) is 4.98 Å². The summed E-state index contributed by atoms with van der Waals surface area (Å²) in [4.78, 5) is 16.8. The molecule has 0 aliphatic rings. The molecule has 2 N–H and O–H groups in total. The summed E-state index contributed by atoms with van der Waals surface area (Å²) in [6.07, 6.45) is 2.50. The number of nitrogens with zero attached hydrogens (tertiary/aromatic N) is 2. The summed E-state index contributed by atoms with van der Waals surface area (Å²) in [5, 5.41) is 13.8. The average molecular weight is 335 g/mol. The van der Waals surface area contributed by atoms with Gasteiger partial charge in [-0.15, -0.1) is 0 Å². The molecule has 0 unspecified atom stereocenters. The third kappa shape index (κ3) is 3.78. The first-order valence-corrected chi connectivity index (χ1v) is 8.30. The Bertz CT molecular complexity index is 815. The Morgan fingerprint density at radius 2 is 1.68 bits per heavy atom. The predicted octanol–water partition coefficient (Wildman–Crippen LogP) is 3.11. The molecule has 5 nitrogen and oxygen atoms in total. The van der Waals surface area contributed by atoms with Crippen LogP contribution in [0.15, 0.2) is 73.1 Å². The molecule has 0 saturated carbocycles. The molecule has 2 aromatic carbocycles. The highest BCUT2D eigenvalue weighted by molar-refractivity contribution is 5.91. The lowest BCUT2D eigenvalue weighted by molar-refractivity contribution is 0.0818. The normalized spacial score (nSPS) is 13.2. The number of aliphatic hydroxyl groups is 1. The van der Waals surface area contributed by atoms with Gasteiger partial charge in [0.15, 0.2) is 5.82 Å². The van der Waals surface area contributed by atoms with Gasteiger partial charge >= 0.3 is 0 Å². The molecular formula is C20H21N3O2. The molecule has 25 heavy (non-hydrogen) atoms. The summed E-state index contributed by atoms with van der Waals surface area (Å²) in [6, 6.07) is 18.2. The van der Waals surface area contributed by atoms with Crippen LogP contribution in [0.4, 0.5) is 0 Å². The van der Waals surface area contributed by atoms with Gasteiger partial charge in [-0.05, 0) is 18.1 Å². The molecule has 2 atom stereocenters. The van der Waals surface area contributed by atoms with Crippen LogP contribution in [0, 0.1) is 0 Å². The first kappa shape index (κ1) is 16.9. The topological polar surface area (TPSA) is 67.2 Å². The van der Waals surface area contributed by atoms with Gasteiger partial charge in [-0.3, -0.25) is 4.79 Å². The molecule has 5 heteroatoms. The Kier molecular flexibility index (Phi) is 5.26. The van der Waals surface area contributed by atoms with Gasteiger partial charge in [-0.1, -0.05) is 60.7 Å². The number of hydrogen-bond donors (Lipinski definition) is 2. The molecule has 0 aliphatic heterocycles. The van der Waals surface area contributed by atoms with Crippen molar-refractivity contribution in [1.82, 2.24) is 14.9 Å². The molecule has 1 amide bonds. The number of aromatic nitrogens is 2. The largest absolute Gasteiger partial charge is 0.386 e. The van der Waals surface area contributed by atoms with Crippen molar-refractivity contribution < 1.29 is 9.90 Å². The van der Waals surface area contributed by atoms with E-state index in [-0.39, 0.29) is 5.91 Å². The summed E-state index contributed by atoms with van der Waals surface area (Å²) in [6.45, 7) is 2.60. The maximum Gasteiger partial charge on any atom is 0.287 e. The van der Waals surface area contributed by atoms with E-state index >= 15 is 0 Å². The second-order valence-electron chi connectivity index (χ2n) is 5.75. The summed E-state index contributed by atoms with van der Waals surface area (Å²) in [5.74, 6) is 0.0272. The van der Waals surface area contributed by atoms with Crippen LogP contribution < -0.4 is 5.32 Å². The quantitative estimate of drug-likeness (QED) is 0.727. The highest BCUT2D eigenvalue weighted by Gasteiger charge is 2.26. The number of hydrogen-bond acceptors (Lipinski definition) is 3. The van der Waals surface area contributed by atoms with E-state index in [2.05, 4.69) is 10.3 Å². The van der Waals surface area contributed by atoms with E-state index in [0.29, 0.717) is 12.4 Å². The number of nitrogens with one attached hydrogen (secondary N) is 1. The second-order valence-corrected chi connectivity index (χ2v) is 5.75. The fourth-order valence-corrected chi connectivity index (χ4v) is 2.83. The van der Waals surface area contributed by atoms with Gasteiger partial charge < -0.3 is 15.0 Å². The van der Waals surface area contributed by atoms with Crippen LogP contribution in [0.1, 0.15) is 40.8 Å². The smallest absolute Gasteiger partial charge is 0.287 e. The first-order chi connectivity index (χ1) is 12.2. The number of benzene rings is 2. The number of aryl methyl sites for hydroxylation is 1. The fourth-order valence-electron chi connectivity index (χ4n) is 2.83. The van der Waals surface area contributed by atoms with Gasteiger partial charge in [0, 0.05) is 18.9 Å². The van der Waals surface area contributed by atoms with Crippen LogP contribution in [-0.4, -0.2) is 20.6 Å². The molecule has 0 bridgehead atoms. The van der Waals surface area contributed by atoms with Crippen molar-refractivity contribution in [2.75, 3.05) is 0 Å². The highest BCUT2D eigenvalue weighted by atomic mass is 16.3. The van der Waals surface area contributed by atoms with E-state index in [9.17, 15) is 9.90 Å². The standard InChI is InChI=1S/C20H21N3O2/c1-2-23-14-13-21-19(23)20(25)22-17(15-9-5-3-6-10-15)18(24)16-11-7-4-8-12-16/h3-14,17-18,24H,2H2,1H3,(H,22,25)/t17-,18+/m1/s1. The lowest BCUT2D eigenvalue weighted by Crippen LogP contribution is -2.34. The van der Waals surface area contributed by atoms with Crippen LogP contribution in [0.5, 0.6) is 0 Å². The maximum atomic E-state index is 12.7.